The molecule has 0 aromatic rings. The Morgan fingerprint density at radius 2 is 2.00 bits per heavy atom. The van der Waals surface area contributed by atoms with Gasteiger partial charge in [0.2, 0.25) is 0 Å². The van der Waals surface area contributed by atoms with E-state index in [2.05, 4.69) is 11.6 Å². The van der Waals surface area contributed by atoms with Gasteiger partial charge in [-0.1, -0.05) is 6.58 Å². The van der Waals surface area contributed by atoms with E-state index < -0.39 is 0 Å². The van der Waals surface area contributed by atoms with E-state index in [-0.39, 0.29) is 0 Å². The molecule has 2 heteroatoms. The van der Waals surface area contributed by atoms with Gasteiger partial charge in [-0.05, 0) is 26.3 Å². The molecule has 0 radical (unpaired) electrons. The second-order valence-electron chi connectivity index (χ2n) is 2.12. The molecule has 0 unspecified atom stereocenters. The molecule has 2 N–H and O–H groups in total. The quantitative estimate of drug-likeness (QED) is 0.459. The van der Waals surface area contributed by atoms with Gasteiger partial charge in [-0.15, -0.1) is 0 Å². The molecular formula is C8H14N2. The highest BCUT2D eigenvalue weighted by atomic mass is 14.7. The van der Waals surface area contributed by atoms with Gasteiger partial charge in [-0.25, -0.2) is 0 Å². The molecular weight excluding hydrogens is 124 g/mol. The summed E-state index contributed by atoms with van der Waals surface area (Å²) in [6, 6.07) is 0. The first kappa shape index (κ1) is 8.95. The molecule has 0 bridgehead atoms. The average molecular weight is 138 g/mol. The molecule has 0 amide bonds. The molecule has 0 heterocycles. The van der Waals surface area contributed by atoms with Crippen molar-refractivity contribution in [3.05, 3.63) is 23.5 Å². The summed E-state index contributed by atoms with van der Waals surface area (Å²) in [5.74, 6) is 0. The van der Waals surface area contributed by atoms with Crippen LogP contribution in [0.25, 0.3) is 0 Å². The topological polar surface area (TPSA) is 38.4 Å². The molecule has 0 fully saturated rings. The maximum absolute atomic E-state index is 5.44. The van der Waals surface area contributed by atoms with E-state index in [1.54, 1.807) is 6.21 Å². The van der Waals surface area contributed by atoms with Gasteiger partial charge in [0.15, 0.2) is 0 Å². The zero-order valence-corrected chi connectivity index (χ0v) is 6.81. The number of aliphatic imine (C=N–C) groups is 1. The summed E-state index contributed by atoms with van der Waals surface area (Å²) in [4.78, 5) is 4.06. The van der Waals surface area contributed by atoms with Gasteiger partial charge in [0, 0.05) is 17.6 Å². The number of nitrogens with zero attached hydrogens (tertiary/aromatic N) is 1. The molecule has 0 rings (SSSR count). The van der Waals surface area contributed by atoms with Crippen LogP contribution in [0.3, 0.4) is 0 Å². The number of allylic oxidation sites excluding steroid dienone is 2. The van der Waals surface area contributed by atoms with Crippen LogP contribution in [0.4, 0.5) is 0 Å². The summed E-state index contributed by atoms with van der Waals surface area (Å²) in [5, 5.41) is 0. The third kappa shape index (κ3) is 2.49. The van der Waals surface area contributed by atoms with Crippen LogP contribution < -0.4 is 5.73 Å². The predicted octanol–water partition coefficient (Wildman–Crippen LogP) is 1.84. The molecule has 56 valence electrons. The normalized spacial score (nSPS) is 13.5. The second-order valence-corrected chi connectivity index (χ2v) is 2.12. The third-order valence-electron chi connectivity index (χ3n) is 1.35. The lowest BCUT2D eigenvalue weighted by molar-refractivity contribution is 1.18. The van der Waals surface area contributed by atoms with Crippen molar-refractivity contribution in [2.75, 3.05) is 0 Å². The summed E-state index contributed by atoms with van der Waals surface area (Å²) in [5.41, 5.74) is 7.91. The third-order valence-corrected chi connectivity index (χ3v) is 1.35. The molecule has 2 nitrogen and oxygen atoms in total. The minimum Gasteiger partial charge on any atom is -0.399 e. The van der Waals surface area contributed by atoms with E-state index >= 15 is 0 Å². The molecule has 0 spiro atoms. The Morgan fingerprint density at radius 3 is 2.30 bits per heavy atom. The number of hydrogen-bond acceptors (Lipinski definition) is 2. The van der Waals surface area contributed by atoms with Crippen LogP contribution >= 0.6 is 0 Å². The lowest BCUT2D eigenvalue weighted by atomic mass is 10.2. The Hall–Kier alpha value is -1.05. The highest BCUT2D eigenvalue weighted by molar-refractivity contribution is 5.55. The van der Waals surface area contributed by atoms with E-state index in [4.69, 9.17) is 5.73 Å². The largest absolute Gasteiger partial charge is 0.399 e. The summed E-state index contributed by atoms with van der Waals surface area (Å²) < 4.78 is 0. The Labute approximate surface area is 62.1 Å². The molecule has 0 aliphatic rings. The molecule has 0 aliphatic carbocycles. The highest BCUT2D eigenvalue weighted by Crippen LogP contribution is 2.07. The molecule has 0 saturated heterocycles. The van der Waals surface area contributed by atoms with Crippen LogP contribution in [0.1, 0.15) is 20.8 Å². The molecule has 0 saturated carbocycles. The zero-order valence-electron chi connectivity index (χ0n) is 6.81. The maximum Gasteiger partial charge on any atom is 0.0417 e. The molecule has 0 aromatic heterocycles. The standard InChI is InChI=1S/C8H14N2/c1-5-10-8(4)6(2)7(3)9/h5H,3,9H2,1-2,4H3/b8-6-,10-5-. The van der Waals surface area contributed by atoms with Crippen molar-refractivity contribution in [1.29, 1.82) is 0 Å². The van der Waals surface area contributed by atoms with Gasteiger partial charge in [0.05, 0.1) is 0 Å². The van der Waals surface area contributed by atoms with E-state index in [1.165, 1.54) is 0 Å². The van der Waals surface area contributed by atoms with Gasteiger partial charge in [-0.3, -0.25) is 4.99 Å². The minimum absolute atomic E-state index is 0.586. The Balaban J connectivity index is 4.50. The Morgan fingerprint density at radius 1 is 1.50 bits per heavy atom. The van der Waals surface area contributed by atoms with Gasteiger partial charge < -0.3 is 5.73 Å². The second kappa shape index (κ2) is 3.88. The minimum atomic E-state index is 0.586. The van der Waals surface area contributed by atoms with Gasteiger partial charge in [0.25, 0.3) is 0 Å². The maximum atomic E-state index is 5.44. The van der Waals surface area contributed by atoms with Gasteiger partial charge in [0.1, 0.15) is 0 Å². The van der Waals surface area contributed by atoms with Crippen LogP contribution in [-0.4, -0.2) is 6.21 Å². The van der Waals surface area contributed by atoms with E-state index in [0.717, 1.165) is 11.3 Å². The van der Waals surface area contributed by atoms with E-state index in [0.29, 0.717) is 5.70 Å². The fraction of sp³-hybridized carbons (Fsp3) is 0.375. The van der Waals surface area contributed by atoms with Crippen LogP contribution in [0, 0.1) is 0 Å². The van der Waals surface area contributed by atoms with Crippen molar-refractivity contribution in [3.63, 3.8) is 0 Å². The Bertz CT molecular complexity index is 187. The molecule has 0 aliphatic heterocycles. The number of rotatable bonds is 2. The van der Waals surface area contributed by atoms with E-state index in [9.17, 15) is 0 Å². The van der Waals surface area contributed by atoms with Crippen LogP contribution in [-0.2, 0) is 0 Å². The summed E-state index contributed by atoms with van der Waals surface area (Å²) >= 11 is 0. The van der Waals surface area contributed by atoms with Gasteiger partial charge in [-0.2, -0.15) is 0 Å². The average Bonchev–Trinajstić information content (AvgIpc) is 1.87. The lowest BCUT2D eigenvalue weighted by Crippen LogP contribution is -1.97. The highest BCUT2D eigenvalue weighted by Gasteiger charge is 1.93. The molecule has 0 atom stereocenters. The summed E-state index contributed by atoms with van der Waals surface area (Å²) in [6.07, 6.45) is 1.74. The van der Waals surface area contributed by atoms with Crippen molar-refractivity contribution >= 4 is 6.21 Å². The smallest absolute Gasteiger partial charge is 0.0417 e. The van der Waals surface area contributed by atoms with Gasteiger partial charge >= 0.3 is 0 Å². The lowest BCUT2D eigenvalue weighted by Gasteiger charge is -2.00. The first-order chi connectivity index (χ1) is 4.59. The molecule has 0 aromatic carbocycles. The number of nitrogens with two attached hydrogens (primary N) is 1. The van der Waals surface area contributed by atoms with E-state index in [1.807, 2.05) is 20.8 Å². The fourth-order valence-electron chi connectivity index (χ4n) is 0.523. The summed E-state index contributed by atoms with van der Waals surface area (Å²) in [6.45, 7) is 9.29. The summed E-state index contributed by atoms with van der Waals surface area (Å²) in [7, 11) is 0. The van der Waals surface area contributed by atoms with Crippen molar-refractivity contribution in [3.8, 4) is 0 Å². The van der Waals surface area contributed by atoms with Crippen molar-refractivity contribution < 1.29 is 0 Å². The van der Waals surface area contributed by atoms with Crippen molar-refractivity contribution in [1.82, 2.24) is 0 Å². The van der Waals surface area contributed by atoms with Crippen molar-refractivity contribution in [2.24, 2.45) is 10.7 Å². The fourth-order valence-corrected chi connectivity index (χ4v) is 0.523. The Kier molecular flexibility index (Phi) is 3.47. The predicted molar refractivity (Wildman–Crippen MR) is 45.9 cm³/mol. The molecule has 10 heavy (non-hydrogen) atoms. The monoisotopic (exact) mass is 138 g/mol. The van der Waals surface area contributed by atoms with Crippen LogP contribution in [0.2, 0.25) is 0 Å². The SMILES string of the molecule is C=C(N)/C(C)=C(C)\N=C/C. The first-order valence-corrected chi connectivity index (χ1v) is 3.20. The van der Waals surface area contributed by atoms with Crippen LogP contribution in [0.5, 0.6) is 0 Å². The first-order valence-electron chi connectivity index (χ1n) is 3.20. The van der Waals surface area contributed by atoms with Crippen LogP contribution in [0.15, 0.2) is 28.5 Å². The number of hydrogen-bond donors (Lipinski definition) is 1. The zero-order chi connectivity index (χ0) is 8.15. The van der Waals surface area contributed by atoms with Crippen molar-refractivity contribution in [2.45, 2.75) is 20.8 Å².